The van der Waals surface area contributed by atoms with Gasteiger partial charge in [-0.3, -0.25) is 4.31 Å². The molecule has 1 unspecified atom stereocenters. The fraction of sp³-hybridized carbons (Fsp3) is 0.200. The molecule has 0 bridgehead atoms. The zero-order valence-corrected chi connectivity index (χ0v) is 12.3. The molecule has 0 aliphatic carbocycles. The van der Waals surface area contributed by atoms with Crippen molar-refractivity contribution in [1.82, 2.24) is 0 Å². The lowest BCUT2D eigenvalue weighted by molar-refractivity contribution is 0.580. The van der Waals surface area contributed by atoms with Crippen molar-refractivity contribution < 1.29 is 12.8 Å². The molecule has 0 amide bonds. The molecule has 2 aromatic carbocycles. The first-order valence-corrected chi connectivity index (χ1v) is 8.02. The molecule has 0 fully saturated rings. The molecule has 2 N–H and O–H groups in total. The highest BCUT2D eigenvalue weighted by Crippen LogP contribution is 2.36. The standard InChI is InChI=1S/C15H15FN2O2S/c1-10-8-11-4-2-3-5-15(11)18(10)21(19,20)12-6-7-14(17)13(16)9-12/h2-7,9-10H,8,17H2,1H3. The molecular formula is C15H15FN2O2S. The molecule has 110 valence electrons. The van der Waals surface area contributed by atoms with Gasteiger partial charge in [0.1, 0.15) is 5.82 Å². The van der Waals surface area contributed by atoms with Crippen LogP contribution in [0.2, 0.25) is 0 Å². The molecule has 0 radical (unpaired) electrons. The number of sulfonamides is 1. The molecule has 1 heterocycles. The van der Waals surface area contributed by atoms with Crippen LogP contribution in [-0.4, -0.2) is 14.5 Å². The lowest BCUT2D eigenvalue weighted by Crippen LogP contribution is -2.35. The molecule has 1 aliphatic heterocycles. The summed E-state index contributed by atoms with van der Waals surface area (Å²) in [7, 11) is -3.80. The molecular weight excluding hydrogens is 291 g/mol. The molecule has 0 spiro atoms. The van der Waals surface area contributed by atoms with Crippen LogP contribution in [0.4, 0.5) is 15.8 Å². The first kappa shape index (κ1) is 13.9. The summed E-state index contributed by atoms with van der Waals surface area (Å²) < 4.78 is 40.5. The summed E-state index contributed by atoms with van der Waals surface area (Å²) in [6.07, 6.45) is 0.646. The van der Waals surface area contributed by atoms with Gasteiger partial charge < -0.3 is 5.73 Å². The summed E-state index contributed by atoms with van der Waals surface area (Å²) in [5.74, 6) is -0.726. The number of nitrogens with two attached hydrogens (primary N) is 1. The molecule has 6 heteroatoms. The molecule has 1 aliphatic rings. The summed E-state index contributed by atoms with van der Waals surface area (Å²) in [5, 5.41) is 0. The number of hydrogen-bond acceptors (Lipinski definition) is 3. The molecule has 21 heavy (non-hydrogen) atoms. The van der Waals surface area contributed by atoms with Gasteiger partial charge in [-0.2, -0.15) is 0 Å². The van der Waals surface area contributed by atoms with E-state index in [4.69, 9.17) is 5.73 Å². The Morgan fingerprint density at radius 3 is 2.67 bits per heavy atom. The van der Waals surface area contributed by atoms with Crippen LogP contribution in [0.25, 0.3) is 0 Å². The summed E-state index contributed by atoms with van der Waals surface area (Å²) in [4.78, 5) is -0.0854. The van der Waals surface area contributed by atoms with Crippen molar-refractivity contribution in [2.45, 2.75) is 24.3 Å². The van der Waals surface area contributed by atoms with Gasteiger partial charge in [0.25, 0.3) is 10.0 Å². The second kappa shape index (κ2) is 4.73. The zero-order chi connectivity index (χ0) is 15.2. The number of fused-ring (bicyclic) bond motifs is 1. The van der Waals surface area contributed by atoms with E-state index in [0.29, 0.717) is 12.1 Å². The van der Waals surface area contributed by atoms with Crippen molar-refractivity contribution in [2.24, 2.45) is 0 Å². The topological polar surface area (TPSA) is 63.4 Å². The fourth-order valence-electron chi connectivity index (χ4n) is 2.69. The number of rotatable bonds is 2. The van der Waals surface area contributed by atoms with E-state index in [2.05, 4.69) is 0 Å². The van der Waals surface area contributed by atoms with E-state index in [9.17, 15) is 12.8 Å². The first-order chi connectivity index (χ1) is 9.91. The third-order valence-electron chi connectivity index (χ3n) is 3.67. The van der Waals surface area contributed by atoms with Crippen LogP contribution < -0.4 is 10.0 Å². The van der Waals surface area contributed by atoms with Crippen molar-refractivity contribution in [3.63, 3.8) is 0 Å². The first-order valence-electron chi connectivity index (χ1n) is 6.58. The van der Waals surface area contributed by atoms with Crippen molar-refractivity contribution in [2.75, 3.05) is 10.0 Å². The Balaban J connectivity index is 2.12. The average molecular weight is 306 g/mol. The van der Waals surface area contributed by atoms with E-state index in [1.165, 1.54) is 16.4 Å². The molecule has 2 aromatic rings. The van der Waals surface area contributed by atoms with Gasteiger partial charge in [-0.05, 0) is 43.2 Å². The summed E-state index contributed by atoms with van der Waals surface area (Å²) in [6.45, 7) is 1.84. The number of benzene rings is 2. The number of anilines is 2. The maximum Gasteiger partial charge on any atom is 0.264 e. The normalized spacial score (nSPS) is 17.8. The smallest absolute Gasteiger partial charge is 0.264 e. The summed E-state index contributed by atoms with van der Waals surface area (Å²) in [5.41, 5.74) is 6.97. The Hall–Kier alpha value is -2.08. The maximum atomic E-state index is 13.6. The monoisotopic (exact) mass is 306 g/mol. The predicted octanol–water partition coefficient (Wildman–Crippen LogP) is 2.55. The Bertz CT molecular complexity index is 805. The van der Waals surface area contributed by atoms with E-state index in [1.54, 1.807) is 12.1 Å². The number of para-hydroxylation sites is 1. The highest BCUT2D eigenvalue weighted by molar-refractivity contribution is 7.92. The van der Waals surface area contributed by atoms with Crippen LogP contribution in [0.1, 0.15) is 12.5 Å². The van der Waals surface area contributed by atoms with Gasteiger partial charge >= 0.3 is 0 Å². The highest BCUT2D eigenvalue weighted by Gasteiger charge is 2.36. The quantitative estimate of drug-likeness (QED) is 0.867. The van der Waals surface area contributed by atoms with Crippen molar-refractivity contribution in [3.05, 3.63) is 53.8 Å². The van der Waals surface area contributed by atoms with Crippen LogP contribution in [0.15, 0.2) is 47.4 Å². The minimum absolute atomic E-state index is 0.0659. The minimum Gasteiger partial charge on any atom is -0.396 e. The lowest BCUT2D eigenvalue weighted by Gasteiger charge is -2.24. The molecule has 0 saturated carbocycles. The zero-order valence-electron chi connectivity index (χ0n) is 11.5. The minimum atomic E-state index is -3.80. The van der Waals surface area contributed by atoms with E-state index in [1.807, 2.05) is 19.1 Å². The number of nitrogen functional groups attached to an aromatic ring is 1. The Kier molecular flexibility index (Phi) is 3.13. The van der Waals surface area contributed by atoms with Crippen molar-refractivity contribution >= 4 is 21.4 Å². The van der Waals surface area contributed by atoms with E-state index in [0.717, 1.165) is 11.6 Å². The van der Waals surface area contributed by atoms with Gasteiger partial charge in [0.2, 0.25) is 0 Å². The lowest BCUT2D eigenvalue weighted by atomic mass is 10.1. The second-order valence-corrected chi connectivity index (χ2v) is 6.98. The molecule has 0 aromatic heterocycles. The van der Waals surface area contributed by atoms with Gasteiger partial charge in [-0.1, -0.05) is 18.2 Å². The SMILES string of the molecule is CC1Cc2ccccc2N1S(=O)(=O)c1ccc(N)c(F)c1. The maximum absolute atomic E-state index is 13.6. The number of halogens is 1. The van der Waals surface area contributed by atoms with E-state index < -0.39 is 15.8 Å². The Morgan fingerprint density at radius 1 is 1.24 bits per heavy atom. The van der Waals surface area contributed by atoms with Crippen molar-refractivity contribution in [1.29, 1.82) is 0 Å². The van der Waals surface area contributed by atoms with Gasteiger partial charge in [-0.25, -0.2) is 12.8 Å². The van der Waals surface area contributed by atoms with Crippen LogP contribution in [0.5, 0.6) is 0 Å². The third kappa shape index (κ3) is 2.15. The Morgan fingerprint density at radius 2 is 1.95 bits per heavy atom. The average Bonchev–Trinajstić information content (AvgIpc) is 2.78. The van der Waals surface area contributed by atoms with Crippen LogP contribution in [0.3, 0.4) is 0 Å². The number of nitrogens with zero attached hydrogens (tertiary/aromatic N) is 1. The predicted molar refractivity (Wildman–Crippen MR) is 80.1 cm³/mol. The van der Waals surface area contributed by atoms with Crippen LogP contribution >= 0.6 is 0 Å². The highest BCUT2D eigenvalue weighted by atomic mass is 32.2. The van der Waals surface area contributed by atoms with E-state index >= 15 is 0 Å². The molecule has 3 rings (SSSR count). The fourth-order valence-corrected chi connectivity index (χ4v) is 4.39. The largest absolute Gasteiger partial charge is 0.396 e. The van der Waals surface area contributed by atoms with Crippen molar-refractivity contribution in [3.8, 4) is 0 Å². The van der Waals surface area contributed by atoms with Gasteiger partial charge in [0, 0.05) is 6.04 Å². The number of hydrogen-bond donors (Lipinski definition) is 1. The van der Waals surface area contributed by atoms with Crippen LogP contribution in [-0.2, 0) is 16.4 Å². The van der Waals surface area contributed by atoms with Gasteiger partial charge in [0.05, 0.1) is 16.3 Å². The Labute approximate surface area is 123 Å². The third-order valence-corrected chi connectivity index (χ3v) is 5.60. The molecule has 0 saturated heterocycles. The van der Waals surface area contributed by atoms with Gasteiger partial charge in [0.15, 0.2) is 0 Å². The second-order valence-electron chi connectivity index (χ2n) is 5.17. The molecule has 4 nitrogen and oxygen atoms in total. The van der Waals surface area contributed by atoms with Crippen LogP contribution in [0, 0.1) is 5.82 Å². The summed E-state index contributed by atoms with van der Waals surface area (Å²) in [6, 6.07) is 10.7. The van der Waals surface area contributed by atoms with Gasteiger partial charge in [-0.15, -0.1) is 0 Å². The summed E-state index contributed by atoms with van der Waals surface area (Å²) >= 11 is 0. The van der Waals surface area contributed by atoms with E-state index in [-0.39, 0.29) is 16.6 Å². The molecule has 1 atom stereocenters.